The van der Waals surface area contributed by atoms with Crippen LogP contribution in [-0.4, -0.2) is 67.3 Å². The largest absolute Gasteiger partial charge is 0.454 e. The summed E-state index contributed by atoms with van der Waals surface area (Å²) in [5, 5.41) is 0. The molecular formula is C27H35N3O2. The number of hydrogen-bond donors (Lipinski definition) is 0. The van der Waals surface area contributed by atoms with Crippen LogP contribution in [0.3, 0.4) is 0 Å². The Labute approximate surface area is 191 Å². The third-order valence-corrected chi connectivity index (χ3v) is 8.10. The SMILES string of the molecule is c1ccc2c(c1)CN(Cc1ccc3c(c1)OCO3)CC21CCN(CCN2CCCC2)CC1. The molecule has 2 saturated heterocycles. The average molecular weight is 434 g/mol. The van der Waals surface area contributed by atoms with E-state index in [9.17, 15) is 0 Å². The predicted octanol–water partition coefficient (Wildman–Crippen LogP) is 3.86. The summed E-state index contributed by atoms with van der Waals surface area (Å²) < 4.78 is 11.1. The maximum atomic E-state index is 5.62. The number of piperidine rings is 1. The summed E-state index contributed by atoms with van der Waals surface area (Å²) in [4.78, 5) is 8.01. The molecule has 0 radical (unpaired) electrons. The van der Waals surface area contributed by atoms with Crippen LogP contribution in [0, 0.1) is 0 Å². The number of nitrogens with zero attached hydrogens (tertiary/aromatic N) is 3. The van der Waals surface area contributed by atoms with Crippen LogP contribution >= 0.6 is 0 Å². The highest BCUT2D eigenvalue weighted by Gasteiger charge is 2.41. The Morgan fingerprint density at radius 2 is 1.53 bits per heavy atom. The first-order chi connectivity index (χ1) is 15.8. The van der Waals surface area contributed by atoms with E-state index in [2.05, 4.69) is 57.2 Å². The number of ether oxygens (including phenoxy) is 2. The van der Waals surface area contributed by atoms with E-state index in [4.69, 9.17) is 9.47 Å². The molecule has 32 heavy (non-hydrogen) atoms. The number of benzene rings is 2. The van der Waals surface area contributed by atoms with Gasteiger partial charge in [0.05, 0.1) is 0 Å². The molecule has 0 amide bonds. The first-order valence-electron chi connectivity index (χ1n) is 12.4. The molecule has 170 valence electrons. The van der Waals surface area contributed by atoms with Gasteiger partial charge >= 0.3 is 0 Å². The molecule has 5 nitrogen and oxygen atoms in total. The van der Waals surface area contributed by atoms with Gasteiger partial charge in [0.25, 0.3) is 0 Å². The van der Waals surface area contributed by atoms with Crippen molar-refractivity contribution < 1.29 is 9.47 Å². The Hall–Kier alpha value is -2.08. The Kier molecular flexibility index (Phi) is 5.58. The fraction of sp³-hybridized carbons (Fsp3) is 0.556. The van der Waals surface area contributed by atoms with Gasteiger partial charge in [0.15, 0.2) is 11.5 Å². The molecule has 2 aromatic carbocycles. The Morgan fingerprint density at radius 1 is 0.781 bits per heavy atom. The minimum atomic E-state index is 0.287. The summed E-state index contributed by atoms with van der Waals surface area (Å²) in [6.07, 6.45) is 5.31. The second-order valence-corrected chi connectivity index (χ2v) is 10.2. The fourth-order valence-corrected chi connectivity index (χ4v) is 6.32. The number of likely N-dealkylation sites (tertiary alicyclic amines) is 2. The van der Waals surface area contributed by atoms with Gasteiger partial charge in [-0.05, 0) is 80.7 Å². The molecule has 4 aliphatic rings. The highest BCUT2D eigenvalue weighted by Crippen LogP contribution is 2.42. The highest BCUT2D eigenvalue weighted by atomic mass is 16.7. The highest BCUT2D eigenvalue weighted by molar-refractivity contribution is 5.45. The molecule has 0 atom stereocenters. The normalized spacial score (nSPS) is 23.0. The van der Waals surface area contributed by atoms with Crippen molar-refractivity contribution in [1.29, 1.82) is 0 Å². The zero-order valence-corrected chi connectivity index (χ0v) is 19.1. The smallest absolute Gasteiger partial charge is 0.231 e. The molecule has 0 aromatic heterocycles. The molecule has 0 N–H and O–H groups in total. The lowest BCUT2D eigenvalue weighted by molar-refractivity contribution is 0.0895. The lowest BCUT2D eigenvalue weighted by atomic mass is 9.68. The Morgan fingerprint density at radius 3 is 2.38 bits per heavy atom. The number of fused-ring (bicyclic) bond motifs is 3. The van der Waals surface area contributed by atoms with E-state index in [1.54, 1.807) is 5.56 Å². The second kappa shape index (κ2) is 8.69. The topological polar surface area (TPSA) is 28.2 Å². The van der Waals surface area contributed by atoms with E-state index < -0.39 is 0 Å². The molecule has 0 unspecified atom stereocenters. The minimum absolute atomic E-state index is 0.287. The van der Waals surface area contributed by atoms with Crippen LogP contribution in [-0.2, 0) is 18.5 Å². The number of hydrogen-bond acceptors (Lipinski definition) is 5. The minimum Gasteiger partial charge on any atom is -0.454 e. The lowest BCUT2D eigenvalue weighted by Crippen LogP contribution is -2.52. The zero-order chi connectivity index (χ0) is 21.4. The van der Waals surface area contributed by atoms with E-state index in [1.807, 2.05) is 0 Å². The van der Waals surface area contributed by atoms with Gasteiger partial charge in [-0.15, -0.1) is 0 Å². The van der Waals surface area contributed by atoms with Gasteiger partial charge in [0, 0.05) is 38.1 Å². The van der Waals surface area contributed by atoms with E-state index in [-0.39, 0.29) is 5.41 Å². The third kappa shape index (κ3) is 4.02. The van der Waals surface area contributed by atoms with Gasteiger partial charge in [-0.2, -0.15) is 0 Å². The zero-order valence-electron chi connectivity index (χ0n) is 19.1. The molecule has 6 rings (SSSR count). The summed E-state index contributed by atoms with van der Waals surface area (Å²) in [5.41, 5.74) is 4.73. The Balaban J connectivity index is 1.16. The fourth-order valence-electron chi connectivity index (χ4n) is 6.32. The van der Waals surface area contributed by atoms with Crippen molar-refractivity contribution in [2.75, 3.05) is 52.6 Å². The van der Waals surface area contributed by atoms with Crippen LogP contribution in [0.2, 0.25) is 0 Å². The van der Waals surface area contributed by atoms with E-state index >= 15 is 0 Å². The molecule has 4 heterocycles. The van der Waals surface area contributed by atoms with Crippen molar-refractivity contribution in [2.45, 2.75) is 44.2 Å². The standard InChI is InChI=1S/C27H35N3O2/c1-2-6-24-23(5-1)19-30(18-22-7-8-25-26(17-22)32-21-31-25)20-27(24)9-13-29(14-10-27)16-15-28-11-3-4-12-28/h1-2,5-8,17H,3-4,9-16,18-21H2. The van der Waals surface area contributed by atoms with Gasteiger partial charge in [-0.25, -0.2) is 0 Å². The third-order valence-electron chi connectivity index (χ3n) is 8.10. The first-order valence-corrected chi connectivity index (χ1v) is 12.4. The van der Waals surface area contributed by atoms with Crippen molar-refractivity contribution in [3.63, 3.8) is 0 Å². The van der Waals surface area contributed by atoms with Gasteiger partial charge in [-0.1, -0.05) is 30.3 Å². The monoisotopic (exact) mass is 433 g/mol. The van der Waals surface area contributed by atoms with E-state index in [0.29, 0.717) is 6.79 Å². The molecule has 2 fully saturated rings. The molecule has 0 bridgehead atoms. The van der Waals surface area contributed by atoms with Gasteiger partial charge < -0.3 is 19.3 Å². The first kappa shape index (κ1) is 20.5. The van der Waals surface area contributed by atoms with Crippen LogP contribution in [0.5, 0.6) is 11.5 Å². The van der Waals surface area contributed by atoms with Crippen molar-refractivity contribution in [3.8, 4) is 11.5 Å². The quantitative estimate of drug-likeness (QED) is 0.714. The molecule has 0 aliphatic carbocycles. The Bertz CT molecular complexity index is 948. The van der Waals surface area contributed by atoms with Crippen LogP contribution in [0.15, 0.2) is 42.5 Å². The van der Waals surface area contributed by atoms with Crippen molar-refractivity contribution in [3.05, 3.63) is 59.2 Å². The summed E-state index contributed by atoms with van der Waals surface area (Å²) in [6, 6.07) is 15.6. The molecular weight excluding hydrogens is 398 g/mol. The van der Waals surface area contributed by atoms with Crippen LogP contribution in [0.1, 0.15) is 42.4 Å². The van der Waals surface area contributed by atoms with Gasteiger partial charge in [0.1, 0.15) is 0 Å². The van der Waals surface area contributed by atoms with Gasteiger partial charge in [-0.3, -0.25) is 4.90 Å². The molecule has 4 aliphatic heterocycles. The summed E-state index contributed by atoms with van der Waals surface area (Å²) in [6.45, 7) is 11.0. The van der Waals surface area contributed by atoms with Crippen LogP contribution in [0.25, 0.3) is 0 Å². The molecule has 5 heteroatoms. The summed E-state index contributed by atoms with van der Waals surface area (Å²) in [7, 11) is 0. The van der Waals surface area contributed by atoms with Crippen LogP contribution in [0.4, 0.5) is 0 Å². The molecule has 2 aromatic rings. The predicted molar refractivity (Wildman–Crippen MR) is 126 cm³/mol. The van der Waals surface area contributed by atoms with Crippen molar-refractivity contribution >= 4 is 0 Å². The number of rotatable bonds is 5. The van der Waals surface area contributed by atoms with Gasteiger partial charge in [0.2, 0.25) is 6.79 Å². The summed E-state index contributed by atoms with van der Waals surface area (Å²) in [5.74, 6) is 1.76. The second-order valence-electron chi connectivity index (χ2n) is 10.2. The van der Waals surface area contributed by atoms with Crippen molar-refractivity contribution in [2.24, 2.45) is 0 Å². The maximum Gasteiger partial charge on any atom is 0.231 e. The molecule has 0 saturated carbocycles. The molecule has 1 spiro atoms. The average Bonchev–Trinajstić information content (AvgIpc) is 3.51. The van der Waals surface area contributed by atoms with Crippen molar-refractivity contribution in [1.82, 2.24) is 14.7 Å². The maximum absolute atomic E-state index is 5.62. The van der Waals surface area contributed by atoms with E-state index in [1.165, 1.54) is 76.1 Å². The lowest BCUT2D eigenvalue weighted by Gasteiger charge is -2.49. The summed E-state index contributed by atoms with van der Waals surface area (Å²) >= 11 is 0. The van der Waals surface area contributed by atoms with E-state index in [0.717, 1.165) is 31.1 Å². The van der Waals surface area contributed by atoms with Crippen LogP contribution < -0.4 is 9.47 Å².